The number of hydrogen-bond donors (Lipinski definition) is 2. The normalized spacial score (nSPS) is 11.6. The Morgan fingerprint density at radius 3 is 2.93 bits per heavy atom. The molecule has 0 amide bonds. The van der Waals surface area contributed by atoms with Crippen LogP contribution in [0.4, 0.5) is 0 Å². The van der Waals surface area contributed by atoms with Crippen molar-refractivity contribution in [1.82, 2.24) is 19.9 Å². The molecule has 0 spiro atoms. The van der Waals surface area contributed by atoms with Crippen molar-refractivity contribution in [2.45, 2.75) is 6.54 Å². The Hall–Kier alpha value is -1.56. The molecule has 6 heteroatoms. The maximum absolute atomic E-state index is 5.30. The molecule has 0 saturated carbocycles. The Bertz CT molecular complexity index is 315. The van der Waals surface area contributed by atoms with Gasteiger partial charge in [0.2, 0.25) is 5.96 Å². The fraction of sp³-hybridized carbons (Fsp3) is 0.500. The van der Waals surface area contributed by atoms with Crippen molar-refractivity contribution in [2.24, 2.45) is 17.9 Å². The predicted molar refractivity (Wildman–Crippen MR) is 55.4 cm³/mol. The second-order valence-corrected chi connectivity index (χ2v) is 3.00. The van der Waals surface area contributed by atoms with E-state index in [2.05, 4.69) is 15.4 Å². The Balaban J connectivity index is 2.65. The largest absolute Gasteiger partial charge is 0.338 e. The molecule has 3 N–H and O–H groups in total. The van der Waals surface area contributed by atoms with Gasteiger partial charge in [0.15, 0.2) is 0 Å². The molecule has 0 radical (unpaired) electrons. The molecule has 1 heterocycles. The number of aryl methyl sites for hydroxylation is 1. The van der Waals surface area contributed by atoms with Crippen molar-refractivity contribution in [3.8, 4) is 0 Å². The monoisotopic (exact) mass is 196 g/mol. The van der Waals surface area contributed by atoms with Gasteiger partial charge in [0, 0.05) is 33.5 Å². The Morgan fingerprint density at radius 1 is 1.79 bits per heavy atom. The molecule has 14 heavy (non-hydrogen) atoms. The van der Waals surface area contributed by atoms with Crippen molar-refractivity contribution in [2.75, 3.05) is 14.1 Å². The molecule has 0 aliphatic heterocycles. The first-order chi connectivity index (χ1) is 6.69. The first-order valence-electron chi connectivity index (χ1n) is 4.29. The van der Waals surface area contributed by atoms with E-state index in [-0.39, 0.29) is 0 Å². The highest BCUT2D eigenvalue weighted by molar-refractivity contribution is 5.78. The SMILES string of the molecule is CN=C(NN)N(C)Cc1nccn1C. The second-order valence-electron chi connectivity index (χ2n) is 3.00. The summed E-state index contributed by atoms with van der Waals surface area (Å²) in [6.07, 6.45) is 3.67. The summed E-state index contributed by atoms with van der Waals surface area (Å²) in [5.74, 6) is 6.90. The molecule has 6 nitrogen and oxygen atoms in total. The third-order valence-electron chi connectivity index (χ3n) is 2.00. The van der Waals surface area contributed by atoms with E-state index in [0.717, 1.165) is 5.82 Å². The molecule has 0 saturated heterocycles. The van der Waals surface area contributed by atoms with Gasteiger partial charge in [0.1, 0.15) is 5.82 Å². The average Bonchev–Trinajstić information content (AvgIpc) is 2.54. The summed E-state index contributed by atoms with van der Waals surface area (Å²) in [6.45, 7) is 0.667. The van der Waals surface area contributed by atoms with Gasteiger partial charge in [-0.3, -0.25) is 10.4 Å². The van der Waals surface area contributed by atoms with Crippen LogP contribution in [0.3, 0.4) is 0 Å². The van der Waals surface area contributed by atoms with Gasteiger partial charge in [-0.05, 0) is 0 Å². The van der Waals surface area contributed by atoms with E-state index in [1.165, 1.54) is 0 Å². The quantitative estimate of drug-likeness (QED) is 0.284. The highest BCUT2D eigenvalue weighted by Gasteiger charge is 2.07. The Kier molecular flexibility index (Phi) is 3.47. The molecular formula is C8H16N6. The average molecular weight is 196 g/mol. The number of nitrogens with one attached hydrogen (secondary N) is 1. The molecule has 0 aliphatic rings. The van der Waals surface area contributed by atoms with Crippen molar-refractivity contribution < 1.29 is 0 Å². The van der Waals surface area contributed by atoms with E-state index in [0.29, 0.717) is 12.5 Å². The lowest BCUT2D eigenvalue weighted by atomic mass is 10.5. The molecule has 0 fully saturated rings. The minimum absolute atomic E-state index is 0.632. The van der Waals surface area contributed by atoms with E-state index in [4.69, 9.17) is 5.84 Å². The molecule has 0 unspecified atom stereocenters. The van der Waals surface area contributed by atoms with Gasteiger partial charge in [-0.25, -0.2) is 10.8 Å². The van der Waals surface area contributed by atoms with E-state index in [1.54, 1.807) is 13.2 Å². The number of aliphatic imine (C=N–C) groups is 1. The van der Waals surface area contributed by atoms with Crippen LogP contribution in [0.15, 0.2) is 17.4 Å². The number of guanidine groups is 1. The number of aromatic nitrogens is 2. The predicted octanol–water partition coefficient (Wildman–Crippen LogP) is -0.699. The number of rotatable bonds is 2. The van der Waals surface area contributed by atoms with Gasteiger partial charge in [-0.1, -0.05) is 0 Å². The molecule has 0 atom stereocenters. The number of nitrogens with two attached hydrogens (primary N) is 1. The maximum Gasteiger partial charge on any atom is 0.208 e. The molecule has 1 rings (SSSR count). The highest BCUT2D eigenvalue weighted by atomic mass is 15.4. The molecule has 78 valence electrons. The lowest BCUT2D eigenvalue weighted by Crippen LogP contribution is -2.42. The van der Waals surface area contributed by atoms with E-state index >= 15 is 0 Å². The van der Waals surface area contributed by atoms with Crippen LogP contribution in [0.1, 0.15) is 5.82 Å². The lowest BCUT2D eigenvalue weighted by Gasteiger charge is -2.19. The topological polar surface area (TPSA) is 71.5 Å². The smallest absolute Gasteiger partial charge is 0.208 e. The van der Waals surface area contributed by atoms with Crippen LogP contribution in [0.5, 0.6) is 0 Å². The Morgan fingerprint density at radius 2 is 2.50 bits per heavy atom. The van der Waals surface area contributed by atoms with Gasteiger partial charge in [0.25, 0.3) is 0 Å². The third-order valence-corrected chi connectivity index (χ3v) is 2.00. The minimum atomic E-state index is 0.632. The van der Waals surface area contributed by atoms with Crippen molar-refractivity contribution >= 4 is 5.96 Å². The molecule has 0 bridgehead atoms. The molecule has 0 aliphatic carbocycles. The summed E-state index contributed by atoms with van der Waals surface area (Å²) in [5, 5.41) is 0. The van der Waals surface area contributed by atoms with Gasteiger partial charge < -0.3 is 9.47 Å². The molecule has 0 aromatic carbocycles. The molecule has 1 aromatic heterocycles. The van der Waals surface area contributed by atoms with E-state index in [9.17, 15) is 0 Å². The molecule has 1 aromatic rings. The first kappa shape index (κ1) is 10.5. The number of imidazole rings is 1. The number of nitrogens with zero attached hydrogens (tertiary/aromatic N) is 4. The zero-order valence-electron chi connectivity index (χ0n) is 8.73. The zero-order chi connectivity index (χ0) is 10.6. The van der Waals surface area contributed by atoms with Crippen LogP contribution in [0.25, 0.3) is 0 Å². The van der Waals surface area contributed by atoms with Gasteiger partial charge in [-0.2, -0.15) is 0 Å². The first-order valence-corrected chi connectivity index (χ1v) is 4.29. The summed E-state index contributed by atoms with van der Waals surface area (Å²) >= 11 is 0. The maximum atomic E-state index is 5.30. The van der Waals surface area contributed by atoms with Gasteiger partial charge in [0.05, 0.1) is 6.54 Å². The van der Waals surface area contributed by atoms with Crippen molar-refractivity contribution in [3.63, 3.8) is 0 Å². The van der Waals surface area contributed by atoms with Gasteiger partial charge >= 0.3 is 0 Å². The Labute approximate surface area is 83.4 Å². The minimum Gasteiger partial charge on any atom is -0.338 e. The van der Waals surface area contributed by atoms with Crippen LogP contribution < -0.4 is 11.3 Å². The standard InChI is InChI=1S/C8H16N6/c1-10-8(12-9)14(3)6-7-11-4-5-13(7)2/h4-5H,6,9H2,1-3H3,(H,10,12). The molecular weight excluding hydrogens is 180 g/mol. The van der Waals surface area contributed by atoms with Gasteiger partial charge in [-0.15, -0.1) is 0 Å². The van der Waals surface area contributed by atoms with Crippen molar-refractivity contribution in [3.05, 3.63) is 18.2 Å². The summed E-state index contributed by atoms with van der Waals surface area (Å²) < 4.78 is 1.96. The lowest BCUT2D eigenvalue weighted by molar-refractivity contribution is 0.455. The number of hydrogen-bond acceptors (Lipinski definition) is 3. The van der Waals surface area contributed by atoms with Crippen LogP contribution in [0.2, 0.25) is 0 Å². The second kappa shape index (κ2) is 4.61. The van der Waals surface area contributed by atoms with Crippen LogP contribution in [-0.2, 0) is 13.6 Å². The van der Waals surface area contributed by atoms with Crippen LogP contribution >= 0.6 is 0 Å². The summed E-state index contributed by atoms with van der Waals surface area (Å²) in [7, 11) is 5.54. The summed E-state index contributed by atoms with van der Waals surface area (Å²) in [5.41, 5.74) is 2.52. The van der Waals surface area contributed by atoms with E-state index in [1.807, 2.05) is 29.8 Å². The fourth-order valence-electron chi connectivity index (χ4n) is 1.18. The highest BCUT2D eigenvalue weighted by Crippen LogP contribution is 1.98. The number of hydrazine groups is 1. The summed E-state index contributed by atoms with van der Waals surface area (Å²) in [4.78, 5) is 10.1. The third kappa shape index (κ3) is 2.23. The van der Waals surface area contributed by atoms with E-state index < -0.39 is 0 Å². The van der Waals surface area contributed by atoms with Crippen LogP contribution in [0, 0.1) is 0 Å². The fourth-order valence-corrected chi connectivity index (χ4v) is 1.18. The summed E-state index contributed by atoms with van der Waals surface area (Å²) in [6, 6.07) is 0. The van der Waals surface area contributed by atoms with Crippen molar-refractivity contribution in [1.29, 1.82) is 0 Å². The van der Waals surface area contributed by atoms with Crippen LogP contribution in [-0.4, -0.2) is 34.5 Å². The zero-order valence-corrected chi connectivity index (χ0v) is 8.73.